The molecule has 20 heavy (non-hydrogen) atoms. The van der Waals surface area contributed by atoms with Gasteiger partial charge in [0.25, 0.3) is 0 Å². The van der Waals surface area contributed by atoms with Gasteiger partial charge in [0.2, 0.25) is 0 Å². The van der Waals surface area contributed by atoms with E-state index in [2.05, 4.69) is 39.1 Å². The maximum absolute atomic E-state index is 6.02. The molecule has 2 aromatic rings. The summed E-state index contributed by atoms with van der Waals surface area (Å²) in [5.41, 5.74) is 0.933. The molecule has 110 valence electrons. The average Bonchev–Trinajstić information content (AvgIpc) is 2.78. The lowest BCUT2D eigenvalue weighted by Crippen LogP contribution is -2.27. The molecule has 0 spiro atoms. The standard InChI is InChI=1S/C17H24ClNO/c1-12(2)11-19-8-7-17(3,4)16-10-13-9-14(18)5-6-15(13)20-16/h5-6,9-10,12,19H,7-8,11H2,1-4H3. The molecule has 0 amide bonds. The highest BCUT2D eigenvalue weighted by molar-refractivity contribution is 6.31. The largest absolute Gasteiger partial charge is 0.461 e. The molecule has 2 nitrogen and oxygen atoms in total. The Labute approximate surface area is 126 Å². The molecule has 1 aromatic heterocycles. The molecule has 1 heterocycles. The third-order valence-corrected chi connectivity index (χ3v) is 3.86. The van der Waals surface area contributed by atoms with Crippen molar-refractivity contribution in [1.29, 1.82) is 0 Å². The van der Waals surface area contributed by atoms with Gasteiger partial charge in [-0.3, -0.25) is 0 Å². The number of rotatable bonds is 6. The number of halogens is 1. The zero-order valence-corrected chi connectivity index (χ0v) is 13.6. The second-order valence-corrected chi connectivity index (χ2v) is 6.96. The third-order valence-electron chi connectivity index (χ3n) is 3.62. The van der Waals surface area contributed by atoms with Crippen LogP contribution in [0.15, 0.2) is 28.7 Å². The predicted molar refractivity (Wildman–Crippen MR) is 86.6 cm³/mol. The van der Waals surface area contributed by atoms with Gasteiger partial charge in [0.1, 0.15) is 11.3 Å². The SMILES string of the molecule is CC(C)CNCCC(C)(C)c1cc2cc(Cl)ccc2o1. The fraction of sp³-hybridized carbons (Fsp3) is 0.529. The first-order valence-corrected chi connectivity index (χ1v) is 7.66. The summed E-state index contributed by atoms with van der Waals surface area (Å²) in [6.45, 7) is 11.0. The minimum atomic E-state index is 0.0233. The van der Waals surface area contributed by atoms with E-state index in [4.69, 9.17) is 16.0 Å². The van der Waals surface area contributed by atoms with Crippen LogP contribution in [0.25, 0.3) is 11.0 Å². The maximum Gasteiger partial charge on any atom is 0.134 e. The fourth-order valence-electron chi connectivity index (χ4n) is 2.26. The Balaban J connectivity index is 2.06. The van der Waals surface area contributed by atoms with Crippen LogP contribution in [0.1, 0.15) is 39.9 Å². The number of benzene rings is 1. The van der Waals surface area contributed by atoms with Gasteiger partial charge in [0.15, 0.2) is 0 Å². The van der Waals surface area contributed by atoms with Crippen LogP contribution < -0.4 is 5.32 Å². The Hall–Kier alpha value is -0.990. The lowest BCUT2D eigenvalue weighted by atomic mass is 9.86. The summed E-state index contributed by atoms with van der Waals surface area (Å²) in [6.07, 6.45) is 1.05. The van der Waals surface area contributed by atoms with E-state index in [1.54, 1.807) is 0 Å². The number of hydrogen-bond acceptors (Lipinski definition) is 2. The second kappa shape index (κ2) is 6.19. The summed E-state index contributed by atoms with van der Waals surface area (Å²) in [5, 5.41) is 5.32. The van der Waals surface area contributed by atoms with Crippen LogP contribution in [0.5, 0.6) is 0 Å². The first kappa shape index (κ1) is 15.4. The molecule has 0 unspecified atom stereocenters. The van der Waals surface area contributed by atoms with Crippen molar-refractivity contribution in [1.82, 2.24) is 5.32 Å². The normalized spacial score (nSPS) is 12.5. The molecular formula is C17H24ClNO. The molecule has 0 aliphatic heterocycles. The summed E-state index contributed by atoms with van der Waals surface area (Å²) >= 11 is 6.02. The molecule has 0 radical (unpaired) electrons. The maximum atomic E-state index is 6.02. The van der Waals surface area contributed by atoms with Gasteiger partial charge in [-0.25, -0.2) is 0 Å². The molecule has 0 saturated carbocycles. The smallest absolute Gasteiger partial charge is 0.134 e. The van der Waals surface area contributed by atoms with Crippen molar-refractivity contribution >= 4 is 22.6 Å². The van der Waals surface area contributed by atoms with Gasteiger partial charge >= 0.3 is 0 Å². The van der Waals surface area contributed by atoms with Gasteiger partial charge < -0.3 is 9.73 Å². The summed E-state index contributed by atoms with van der Waals surface area (Å²) in [4.78, 5) is 0. The van der Waals surface area contributed by atoms with E-state index in [0.717, 1.165) is 41.3 Å². The molecule has 0 aliphatic carbocycles. The van der Waals surface area contributed by atoms with E-state index in [1.165, 1.54) is 0 Å². The van der Waals surface area contributed by atoms with Crippen LogP contribution in [0, 0.1) is 5.92 Å². The molecule has 0 saturated heterocycles. The van der Waals surface area contributed by atoms with Gasteiger partial charge in [0, 0.05) is 15.8 Å². The number of fused-ring (bicyclic) bond motifs is 1. The van der Waals surface area contributed by atoms with E-state index >= 15 is 0 Å². The van der Waals surface area contributed by atoms with Crippen LogP contribution >= 0.6 is 11.6 Å². The highest BCUT2D eigenvalue weighted by atomic mass is 35.5. The Bertz CT molecular complexity index is 571. The summed E-state index contributed by atoms with van der Waals surface area (Å²) in [6, 6.07) is 7.88. The molecule has 0 bridgehead atoms. The molecule has 3 heteroatoms. The van der Waals surface area contributed by atoms with E-state index < -0.39 is 0 Å². The number of nitrogens with one attached hydrogen (secondary N) is 1. The first-order chi connectivity index (χ1) is 9.38. The first-order valence-electron chi connectivity index (χ1n) is 7.29. The monoisotopic (exact) mass is 293 g/mol. The zero-order valence-electron chi connectivity index (χ0n) is 12.8. The predicted octanol–water partition coefficient (Wildman–Crippen LogP) is 5.00. The summed E-state index contributed by atoms with van der Waals surface area (Å²) in [7, 11) is 0. The molecule has 0 fully saturated rings. The fourth-order valence-corrected chi connectivity index (χ4v) is 2.44. The van der Waals surface area contributed by atoms with Crippen molar-refractivity contribution < 1.29 is 4.42 Å². The van der Waals surface area contributed by atoms with Crippen molar-refractivity contribution in [3.63, 3.8) is 0 Å². The molecule has 1 aromatic carbocycles. The van der Waals surface area contributed by atoms with Crippen molar-refractivity contribution in [2.75, 3.05) is 13.1 Å². The molecule has 1 N–H and O–H groups in total. The van der Waals surface area contributed by atoms with Gasteiger partial charge in [-0.05, 0) is 49.7 Å². The van der Waals surface area contributed by atoms with E-state index in [1.807, 2.05) is 18.2 Å². The molecule has 0 aliphatic rings. The van der Waals surface area contributed by atoms with Crippen LogP contribution in [0.4, 0.5) is 0 Å². The second-order valence-electron chi connectivity index (χ2n) is 6.52. The Kier molecular flexibility index (Phi) is 4.77. The summed E-state index contributed by atoms with van der Waals surface area (Å²) in [5.74, 6) is 1.72. The number of furan rings is 1. The average molecular weight is 294 g/mol. The quantitative estimate of drug-likeness (QED) is 0.758. The van der Waals surface area contributed by atoms with Crippen molar-refractivity contribution in [2.45, 2.75) is 39.5 Å². The highest BCUT2D eigenvalue weighted by Gasteiger charge is 2.24. The van der Waals surface area contributed by atoms with Crippen molar-refractivity contribution in [3.8, 4) is 0 Å². The minimum Gasteiger partial charge on any atom is -0.461 e. The van der Waals surface area contributed by atoms with Gasteiger partial charge in [-0.1, -0.05) is 39.3 Å². The Morgan fingerprint density at radius 2 is 2.00 bits per heavy atom. The van der Waals surface area contributed by atoms with Gasteiger partial charge in [-0.2, -0.15) is 0 Å². The molecular weight excluding hydrogens is 270 g/mol. The van der Waals surface area contributed by atoms with Gasteiger partial charge in [0.05, 0.1) is 0 Å². The van der Waals surface area contributed by atoms with E-state index in [9.17, 15) is 0 Å². The third kappa shape index (κ3) is 3.77. The Morgan fingerprint density at radius 3 is 2.70 bits per heavy atom. The molecule has 2 rings (SSSR count). The van der Waals surface area contributed by atoms with E-state index in [-0.39, 0.29) is 5.41 Å². The van der Waals surface area contributed by atoms with Crippen LogP contribution in [0.3, 0.4) is 0 Å². The van der Waals surface area contributed by atoms with Crippen LogP contribution in [0.2, 0.25) is 5.02 Å². The summed E-state index contributed by atoms with van der Waals surface area (Å²) < 4.78 is 5.98. The lowest BCUT2D eigenvalue weighted by Gasteiger charge is -2.22. The van der Waals surface area contributed by atoms with E-state index in [0.29, 0.717) is 5.92 Å². The topological polar surface area (TPSA) is 25.2 Å². The minimum absolute atomic E-state index is 0.0233. The number of hydrogen-bond donors (Lipinski definition) is 1. The van der Waals surface area contributed by atoms with Crippen molar-refractivity contribution in [2.24, 2.45) is 5.92 Å². The van der Waals surface area contributed by atoms with Gasteiger partial charge in [-0.15, -0.1) is 0 Å². The highest BCUT2D eigenvalue weighted by Crippen LogP contribution is 2.32. The molecule has 0 atom stereocenters. The van der Waals surface area contributed by atoms with Crippen molar-refractivity contribution in [3.05, 3.63) is 35.0 Å². The lowest BCUT2D eigenvalue weighted by molar-refractivity contribution is 0.367. The van der Waals surface area contributed by atoms with Crippen LogP contribution in [-0.4, -0.2) is 13.1 Å². The van der Waals surface area contributed by atoms with Crippen LogP contribution in [-0.2, 0) is 5.41 Å². The zero-order chi connectivity index (χ0) is 14.8. The Morgan fingerprint density at radius 1 is 1.25 bits per heavy atom.